The fourth-order valence-electron chi connectivity index (χ4n) is 1.45. The summed E-state index contributed by atoms with van der Waals surface area (Å²) in [6, 6.07) is 2.80. The third kappa shape index (κ3) is 3.40. The van der Waals surface area contributed by atoms with Crippen molar-refractivity contribution in [2.75, 3.05) is 0 Å². The van der Waals surface area contributed by atoms with Crippen LogP contribution in [-0.2, 0) is 5.41 Å². The number of pyridine rings is 1. The average Bonchev–Trinajstić information content (AvgIpc) is 2.04. The number of hydrogen-bond acceptors (Lipinski definition) is 2. The summed E-state index contributed by atoms with van der Waals surface area (Å²) < 4.78 is 39.8. The van der Waals surface area contributed by atoms with Crippen molar-refractivity contribution in [1.82, 2.24) is 4.98 Å². The Morgan fingerprint density at radius 1 is 1.12 bits per heavy atom. The Labute approximate surface area is 92.5 Å². The van der Waals surface area contributed by atoms with Crippen LogP contribution < -0.4 is 4.74 Å². The van der Waals surface area contributed by atoms with E-state index in [-0.39, 0.29) is 5.41 Å². The number of rotatable bonds is 1. The molecule has 0 bridgehead atoms. The normalized spacial score (nSPS) is 12.7. The van der Waals surface area contributed by atoms with Crippen LogP contribution in [0.15, 0.2) is 12.1 Å². The summed E-state index contributed by atoms with van der Waals surface area (Å²) in [7, 11) is 0. The SMILES string of the molecule is Cc1ccc(OC(F)(F)F)nc1C(C)(C)C. The van der Waals surface area contributed by atoms with Crippen molar-refractivity contribution in [3.8, 4) is 5.88 Å². The van der Waals surface area contributed by atoms with E-state index >= 15 is 0 Å². The summed E-state index contributed by atoms with van der Waals surface area (Å²) in [4.78, 5) is 3.89. The van der Waals surface area contributed by atoms with E-state index in [1.165, 1.54) is 6.07 Å². The molecule has 0 radical (unpaired) electrons. The van der Waals surface area contributed by atoms with Crippen molar-refractivity contribution in [3.63, 3.8) is 0 Å². The van der Waals surface area contributed by atoms with E-state index in [0.29, 0.717) is 5.69 Å². The van der Waals surface area contributed by atoms with E-state index < -0.39 is 12.2 Å². The number of aromatic nitrogens is 1. The van der Waals surface area contributed by atoms with E-state index in [0.717, 1.165) is 5.56 Å². The molecule has 0 atom stereocenters. The van der Waals surface area contributed by atoms with Crippen molar-refractivity contribution >= 4 is 0 Å². The van der Waals surface area contributed by atoms with Gasteiger partial charge >= 0.3 is 6.36 Å². The molecule has 0 aliphatic heterocycles. The topological polar surface area (TPSA) is 22.1 Å². The lowest BCUT2D eigenvalue weighted by atomic mass is 9.89. The van der Waals surface area contributed by atoms with E-state index in [4.69, 9.17) is 0 Å². The second kappa shape index (κ2) is 3.96. The Kier molecular flexibility index (Phi) is 3.17. The van der Waals surface area contributed by atoms with Crippen LogP contribution >= 0.6 is 0 Å². The van der Waals surface area contributed by atoms with Crippen molar-refractivity contribution in [2.24, 2.45) is 0 Å². The molecule has 0 aromatic carbocycles. The van der Waals surface area contributed by atoms with Crippen molar-refractivity contribution in [3.05, 3.63) is 23.4 Å². The minimum Gasteiger partial charge on any atom is -0.388 e. The number of alkyl halides is 3. The standard InChI is InChI=1S/C11H14F3NO/c1-7-5-6-8(16-11(12,13)14)15-9(7)10(2,3)4/h5-6H,1-4H3. The molecule has 0 aliphatic rings. The highest BCUT2D eigenvalue weighted by Crippen LogP contribution is 2.27. The third-order valence-electron chi connectivity index (χ3n) is 2.00. The van der Waals surface area contributed by atoms with Crippen LogP contribution in [-0.4, -0.2) is 11.3 Å². The molecular formula is C11H14F3NO. The molecule has 1 rings (SSSR count). The molecule has 90 valence electrons. The minimum atomic E-state index is -4.70. The molecule has 0 fully saturated rings. The summed E-state index contributed by atoms with van der Waals surface area (Å²) in [6.07, 6.45) is -4.70. The number of hydrogen-bond donors (Lipinski definition) is 0. The second-order valence-electron chi connectivity index (χ2n) is 4.61. The fraction of sp³-hybridized carbons (Fsp3) is 0.545. The largest absolute Gasteiger partial charge is 0.574 e. The first kappa shape index (κ1) is 12.8. The van der Waals surface area contributed by atoms with Crippen LogP contribution in [0.4, 0.5) is 13.2 Å². The maximum atomic E-state index is 12.0. The number of nitrogens with zero attached hydrogens (tertiary/aromatic N) is 1. The molecule has 0 saturated heterocycles. The lowest BCUT2D eigenvalue weighted by molar-refractivity contribution is -0.276. The Morgan fingerprint density at radius 3 is 2.12 bits per heavy atom. The zero-order valence-electron chi connectivity index (χ0n) is 9.64. The number of ether oxygens (including phenoxy) is 1. The van der Waals surface area contributed by atoms with E-state index in [1.807, 2.05) is 27.7 Å². The zero-order valence-corrected chi connectivity index (χ0v) is 9.64. The first-order valence-corrected chi connectivity index (χ1v) is 4.83. The molecule has 5 heteroatoms. The van der Waals surface area contributed by atoms with Gasteiger partial charge in [-0.3, -0.25) is 0 Å². The third-order valence-corrected chi connectivity index (χ3v) is 2.00. The van der Waals surface area contributed by atoms with E-state index in [1.54, 1.807) is 6.07 Å². The molecular weight excluding hydrogens is 219 g/mol. The van der Waals surface area contributed by atoms with Gasteiger partial charge in [0.1, 0.15) is 0 Å². The van der Waals surface area contributed by atoms with Gasteiger partial charge in [0.25, 0.3) is 0 Å². The predicted octanol–water partition coefficient (Wildman–Crippen LogP) is 3.59. The molecule has 1 heterocycles. The summed E-state index contributed by atoms with van der Waals surface area (Å²) in [5, 5.41) is 0. The van der Waals surface area contributed by atoms with Crippen LogP contribution in [0.1, 0.15) is 32.0 Å². The predicted molar refractivity (Wildman–Crippen MR) is 54.4 cm³/mol. The smallest absolute Gasteiger partial charge is 0.388 e. The summed E-state index contributed by atoms with van der Waals surface area (Å²) in [6.45, 7) is 7.48. The van der Waals surface area contributed by atoms with Crippen LogP contribution in [0.3, 0.4) is 0 Å². The Bertz CT molecular complexity index is 380. The molecule has 1 aromatic rings. The van der Waals surface area contributed by atoms with Crippen LogP contribution in [0.2, 0.25) is 0 Å². The second-order valence-corrected chi connectivity index (χ2v) is 4.61. The highest BCUT2D eigenvalue weighted by atomic mass is 19.4. The molecule has 0 N–H and O–H groups in total. The average molecular weight is 233 g/mol. The summed E-state index contributed by atoms with van der Waals surface area (Å²) in [5.41, 5.74) is 1.14. The number of aryl methyl sites for hydroxylation is 1. The molecule has 1 aromatic heterocycles. The monoisotopic (exact) mass is 233 g/mol. The first-order chi connectivity index (χ1) is 7.09. The van der Waals surface area contributed by atoms with Gasteiger partial charge in [0.05, 0.1) is 5.69 Å². The summed E-state index contributed by atoms with van der Waals surface area (Å²) >= 11 is 0. The molecule has 16 heavy (non-hydrogen) atoms. The van der Waals surface area contributed by atoms with Crippen molar-refractivity contribution in [1.29, 1.82) is 0 Å². The molecule has 0 amide bonds. The maximum absolute atomic E-state index is 12.0. The van der Waals surface area contributed by atoms with Gasteiger partial charge in [0, 0.05) is 11.5 Å². The Hall–Kier alpha value is -1.26. The highest BCUT2D eigenvalue weighted by molar-refractivity contribution is 5.29. The lowest BCUT2D eigenvalue weighted by Crippen LogP contribution is -2.20. The first-order valence-electron chi connectivity index (χ1n) is 4.83. The quantitative estimate of drug-likeness (QED) is 0.739. The highest BCUT2D eigenvalue weighted by Gasteiger charge is 2.32. The van der Waals surface area contributed by atoms with Gasteiger partial charge in [-0.2, -0.15) is 0 Å². The van der Waals surface area contributed by atoms with Crippen LogP contribution in [0.25, 0.3) is 0 Å². The molecule has 0 spiro atoms. The molecule has 2 nitrogen and oxygen atoms in total. The lowest BCUT2D eigenvalue weighted by Gasteiger charge is -2.21. The van der Waals surface area contributed by atoms with Crippen molar-refractivity contribution in [2.45, 2.75) is 39.5 Å². The van der Waals surface area contributed by atoms with Crippen molar-refractivity contribution < 1.29 is 17.9 Å². The van der Waals surface area contributed by atoms with E-state index in [2.05, 4.69) is 9.72 Å². The van der Waals surface area contributed by atoms with Gasteiger partial charge in [0.15, 0.2) is 0 Å². The molecule has 0 saturated carbocycles. The van der Waals surface area contributed by atoms with Gasteiger partial charge in [-0.15, -0.1) is 13.2 Å². The van der Waals surface area contributed by atoms with E-state index in [9.17, 15) is 13.2 Å². The minimum absolute atomic E-state index is 0.310. The molecule has 0 unspecified atom stereocenters. The zero-order chi connectivity index (χ0) is 12.6. The molecule has 0 aliphatic carbocycles. The van der Waals surface area contributed by atoms with Gasteiger partial charge in [-0.05, 0) is 12.5 Å². The maximum Gasteiger partial charge on any atom is 0.574 e. The number of halogens is 3. The van der Waals surface area contributed by atoms with Gasteiger partial charge in [-0.1, -0.05) is 26.8 Å². The fourth-order valence-corrected chi connectivity index (χ4v) is 1.45. The van der Waals surface area contributed by atoms with Crippen LogP contribution in [0, 0.1) is 6.92 Å². The summed E-state index contributed by atoms with van der Waals surface area (Å²) in [5.74, 6) is -0.414. The van der Waals surface area contributed by atoms with Gasteiger partial charge in [0.2, 0.25) is 5.88 Å². The Balaban J connectivity index is 3.09. The van der Waals surface area contributed by atoms with Crippen LogP contribution in [0.5, 0.6) is 5.88 Å². The Morgan fingerprint density at radius 2 is 1.69 bits per heavy atom. The van der Waals surface area contributed by atoms with Gasteiger partial charge < -0.3 is 4.74 Å². The van der Waals surface area contributed by atoms with Gasteiger partial charge in [-0.25, -0.2) is 4.98 Å².